The molecule has 0 unspecified atom stereocenters. The van der Waals surface area contributed by atoms with E-state index >= 15 is 0 Å². The maximum Gasteiger partial charge on any atom is 0.245 e. The third-order valence-electron chi connectivity index (χ3n) is 1.10. The first-order chi connectivity index (χ1) is 4.68. The molecule has 0 aliphatic carbocycles. The number of rotatable bonds is 4. The van der Waals surface area contributed by atoms with Gasteiger partial charge in [0.25, 0.3) is 0 Å². The summed E-state index contributed by atoms with van der Waals surface area (Å²) in [6.07, 6.45) is 2.69. The highest BCUT2D eigenvalue weighted by Gasteiger charge is 1.93. The summed E-state index contributed by atoms with van der Waals surface area (Å²) in [7, 11) is 0. The molecule has 3 nitrogen and oxygen atoms in total. The molecule has 58 valence electrons. The summed E-state index contributed by atoms with van der Waals surface area (Å²) >= 11 is 0. The van der Waals surface area contributed by atoms with Gasteiger partial charge in [-0.1, -0.05) is 6.92 Å². The Morgan fingerprint density at radius 3 is 2.70 bits per heavy atom. The molecule has 3 heteroatoms. The quantitative estimate of drug-likeness (QED) is 0.440. The summed E-state index contributed by atoms with van der Waals surface area (Å²) in [5.74, 6) is -0.372. The Kier molecular flexibility index (Phi) is 4.37. The molecule has 0 saturated carbocycles. The zero-order valence-electron chi connectivity index (χ0n) is 6.48. The van der Waals surface area contributed by atoms with Crippen molar-refractivity contribution in [3.05, 3.63) is 11.8 Å². The molecule has 0 aliphatic rings. The Bertz CT molecular complexity index is 141. The highest BCUT2D eigenvalue weighted by molar-refractivity contribution is 5.91. The maximum absolute atomic E-state index is 10.4. The molecule has 0 spiro atoms. The molecule has 0 aromatic heterocycles. The minimum absolute atomic E-state index is 0.372. The van der Waals surface area contributed by atoms with E-state index in [1.54, 1.807) is 13.1 Å². The lowest BCUT2D eigenvalue weighted by molar-refractivity contribution is -0.114. The minimum atomic E-state index is -0.372. The molecule has 0 rings (SSSR count). The average Bonchev–Trinajstić information content (AvgIpc) is 1.88. The molecule has 0 radical (unpaired) electrons. The van der Waals surface area contributed by atoms with Crippen molar-refractivity contribution in [2.45, 2.75) is 20.3 Å². The second-order valence-electron chi connectivity index (χ2n) is 2.15. The number of nitrogens with two attached hydrogens (primary N) is 1. The minimum Gasteiger partial charge on any atom is -0.391 e. The Hall–Kier alpha value is -0.990. The van der Waals surface area contributed by atoms with Crippen LogP contribution in [0.4, 0.5) is 0 Å². The molecule has 0 heterocycles. The topological polar surface area (TPSA) is 55.1 Å². The molecule has 1 amide bonds. The average molecular weight is 142 g/mol. The van der Waals surface area contributed by atoms with E-state index in [4.69, 9.17) is 5.73 Å². The number of hydrogen-bond donors (Lipinski definition) is 2. The van der Waals surface area contributed by atoms with Gasteiger partial charge in [0.1, 0.15) is 0 Å². The second kappa shape index (κ2) is 4.85. The van der Waals surface area contributed by atoms with Gasteiger partial charge in [-0.2, -0.15) is 0 Å². The van der Waals surface area contributed by atoms with Crippen molar-refractivity contribution in [3.8, 4) is 0 Å². The van der Waals surface area contributed by atoms with Gasteiger partial charge in [-0.25, -0.2) is 0 Å². The van der Waals surface area contributed by atoms with E-state index in [9.17, 15) is 4.79 Å². The Morgan fingerprint density at radius 1 is 1.70 bits per heavy atom. The SMILES string of the molecule is CCCN/C=C(/C)C(N)=O. The molecule has 0 aromatic carbocycles. The Labute approximate surface area is 61.3 Å². The van der Waals surface area contributed by atoms with Crippen LogP contribution in [0.15, 0.2) is 11.8 Å². The first-order valence-corrected chi connectivity index (χ1v) is 3.38. The van der Waals surface area contributed by atoms with E-state index in [-0.39, 0.29) is 5.91 Å². The van der Waals surface area contributed by atoms with Crippen LogP contribution < -0.4 is 11.1 Å². The van der Waals surface area contributed by atoms with Crippen molar-refractivity contribution in [2.24, 2.45) is 5.73 Å². The summed E-state index contributed by atoms with van der Waals surface area (Å²) in [6, 6.07) is 0. The van der Waals surface area contributed by atoms with Crippen LogP contribution in [0.1, 0.15) is 20.3 Å². The van der Waals surface area contributed by atoms with Gasteiger partial charge < -0.3 is 11.1 Å². The predicted octanol–water partition coefficient (Wildman–Crippen LogP) is 0.375. The molecule has 0 saturated heterocycles. The molecule has 0 bridgehead atoms. The van der Waals surface area contributed by atoms with Crippen LogP contribution in [-0.4, -0.2) is 12.5 Å². The van der Waals surface area contributed by atoms with E-state index in [0.29, 0.717) is 5.57 Å². The molecule has 0 atom stereocenters. The van der Waals surface area contributed by atoms with Crippen molar-refractivity contribution in [3.63, 3.8) is 0 Å². The fourth-order valence-electron chi connectivity index (χ4n) is 0.441. The first-order valence-electron chi connectivity index (χ1n) is 3.38. The van der Waals surface area contributed by atoms with Crippen LogP contribution in [0.3, 0.4) is 0 Å². The Morgan fingerprint density at radius 2 is 2.30 bits per heavy atom. The van der Waals surface area contributed by atoms with E-state index in [1.165, 1.54) is 0 Å². The monoisotopic (exact) mass is 142 g/mol. The molecule has 0 aliphatic heterocycles. The summed E-state index contributed by atoms with van der Waals surface area (Å²) < 4.78 is 0. The van der Waals surface area contributed by atoms with E-state index in [2.05, 4.69) is 12.2 Å². The number of primary amides is 1. The van der Waals surface area contributed by atoms with Gasteiger partial charge in [0.2, 0.25) is 5.91 Å². The number of nitrogens with one attached hydrogen (secondary N) is 1. The van der Waals surface area contributed by atoms with Crippen LogP contribution in [0.25, 0.3) is 0 Å². The van der Waals surface area contributed by atoms with Gasteiger partial charge in [0.15, 0.2) is 0 Å². The molecule has 0 aromatic rings. The molecule has 10 heavy (non-hydrogen) atoms. The van der Waals surface area contributed by atoms with E-state index in [1.807, 2.05) is 0 Å². The third-order valence-corrected chi connectivity index (χ3v) is 1.10. The second-order valence-corrected chi connectivity index (χ2v) is 2.15. The van der Waals surface area contributed by atoms with E-state index in [0.717, 1.165) is 13.0 Å². The van der Waals surface area contributed by atoms with Crippen LogP contribution in [0, 0.1) is 0 Å². The maximum atomic E-state index is 10.4. The zero-order chi connectivity index (χ0) is 7.98. The van der Waals surface area contributed by atoms with Crippen LogP contribution in [0.5, 0.6) is 0 Å². The van der Waals surface area contributed by atoms with Gasteiger partial charge >= 0.3 is 0 Å². The van der Waals surface area contributed by atoms with Crippen molar-refractivity contribution >= 4 is 5.91 Å². The van der Waals surface area contributed by atoms with Crippen molar-refractivity contribution < 1.29 is 4.79 Å². The summed E-state index contributed by atoms with van der Waals surface area (Å²) in [6.45, 7) is 4.62. The molecular weight excluding hydrogens is 128 g/mol. The largest absolute Gasteiger partial charge is 0.391 e. The van der Waals surface area contributed by atoms with Gasteiger partial charge in [-0.15, -0.1) is 0 Å². The normalized spacial score (nSPS) is 11.2. The number of amides is 1. The highest BCUT2D eigenvalue weighted by Crippen LogP contribution is 1.85. The van der Waals surface area contributed by atoms with Gasteiger partial charge in [-0.05, 0) is 13.3 Å². The molecule has 3 N–H and O–H groups in total. The standard InChI is InChI=1S/C7H14N2O/c1-3-4-9-5-6(2)7(8)10/h5,9H,3-4H2,1-2H3,(H2,8,10)/b6-5-. The Balaban J connectivity index is 3.58. The summed E-state index contributed by atoms with van der Waals surface area (Å²) in [4.78, 5) is 10.4. The third kappa shape index (κ3) is 3.95. The predicted molar refractivity (Wildman–Crippen MR) is 41.2 cm³/mol. The van der Waals surface area contributed by atoms with E-state index < -0.39 is 0 Å². The lowest BCUT2D eigenvalue weighted by Crippen LogP contribution is -2.15. The first kappa shape index (κ1) is 9.01. The lowest BCUT2D eigenvalue weighted by Gasteiger charge is -1.97. The summed E-state index contributed by atoms with van der Waals surface area (Å²) in [5.41, 5.74) is 5.53. The number of carbonyl (C=O) groups is 1. The van der Waals surface area contributed by atoms with Gasteiger partial charge in [0.05, 0.1) is 0 Å². The fourth-order valence-corrected chi connectivity index (χ4v) is 0.441. The number of hydrogen-bond acceptors (Lipinski definition) is 2. The van der Waals surface area contributed by atoms with Gasteiger partial charge in [-0.3, -0.25) is 4.79 Å². The van der Waals surface area contributed by atoms with Crippen molar-refractivity contribution in [1.29, 1.82) is 0 Å². The smallest absolute Gasteiger partial charge is 0.245 e. The number of carbonyl (C=O) groups excluding carboxylic acids is 1. The summed E-state index contributed by atoms with van der Waals surface area (Å²) in [5, 5.41) is 2.95. The fraction of sp³-hybridized carbons (Fsp3) is 0.571. The highest BCUT2D eigenvalue weighted by atomic mass is 16.1. The van der Waals surface area contributed by atoms with Crippen molar-refractivity contribution in [2.75, 3.05) is 6.54 Å². The van der Waals surface area contributed by atoms with Crippen LogP contribution in [0.2, 0.25) is 0 Å². The molecule has 0 fully saturated rings. The molecular formula is C7H14N2O. The van der Waals surface area contributed by atoms with Crippen LogP contribution >= 0.6 is 0 Å². The van der Waals surface area contributed by atoms with Gasteiger partial charge in [0, 0.05) is 18.3 Å². The van der Waals surface area contributed by atoms with Crippen molar-refractivity contribution in [1.82, 2.24) is 5.32 Å². The lowest BCUT2D eigenvalue weighted by atomic mass is 10.3. The van der Waals surface area contributed by atoms with Crippen LogP contribution in [-0.2, 0) is 4.79 Å². The zero-order valence-corrected chi connectivity index (χ0v) is 6.48.